The van der Waals surface area contributed by atoms with Gasteiger partial charge >= 0.3 is 0 Å². The first kappa shape index (κ1) is 22.0. The lowest BCUT2D eigenvalue weighted by molar-refractivity contribution is 0.0775. The summed E-state index contributed by atoms with van der Waals surface area (Å²) >= 11 is 2.57. The highest BCUT2D eigenvalue weighted by Gasteiger charge is 2.15. The van der Waals surface area contributed by atoms with E-state index in [2.05, 4.69) is 19.0 Å². The number of aliphatic hydroxyl groups excluding tert-OH is 1. The van der Waals surface area contributed by atoms with Crippen molar-refractivity contribution in [3.63, 3.8) is 0 Å². The van der Waals surface area contributed by atoms with Crippen molar-refractivity contribution in [2.75, 3.05) is 37.6 Å². The number of hydrogen-bond acceptors (Lipinski definition) is 9. The minimum Gasteiger partial charge on any atom is -0.472 e. The second-order valence-electron chi connectivity index (χ2n) is 6.22. The van der Waals surface area contributed by atoms with Crippen LogP contribution in [0.5, 0.6) is 5.88 Å². The Morgan fingerprint density at radius 1 is 1.31 bits per heavy atom. The van der Waals surface area contributed by atoms with Gasteiger partial charge in [0.25, 0.3) is 0 Å². The molecule has 0 bridgehead atoms. The van der Waals surface area contributed by atoms with Gasteiger partial charge in [-0.1, -0.05) is 23.9 Å². The van der Waals surface area contributed by atoms with Crippen LogP contribution in [0.25, 0.3) is 0 Å². The summed E-state index contributed by atoms with van der Waals surface area (Å²) in [4.78, 5) is 8.72. The first-order valence-electron chi connectivity index (χ1n) is 9.03. The molecule has 0 radical (unpaired) electrons. The van der Waals surface area contributed by atoms with Crippen molar-refractivity contribution >= 4 is 29.7 Å². The van der Waals surface area contributed by atoms with Gasteiger partial charge in [0.15, 0.2) is 16.8 Å². The standard InChI is InChI=1S/C18H22F2N4O3S2/c1-12(10-25)27-16-9-15(23-29-24-5-7-26-8-6-24)21-18(22-16)28-11-13-3-2-4-14(19)17(13)20/h2-4,9,12,25H,5-8,10-11H2,1H3,(H,21,22,23)/t12-/m1/s1. The van der Waals surface area contributed by atoms with E-state index in [1.54, 1.807) is 13.0 Å². The van der Waals surface area contributed by atoms with Gasteiger partial charge in [-0.15, -0.1) is 0 Å². The molecule has 1 fully saturated rings. The fourth-order valence-electron chi connectivity index (χ4n) is 2.38. The maximum atomic E-state index is 13.9. The molecule has 0 spiro atoms. The maximum absolute atomic E-state index is 13.9. The average Bonchev–Trinajstić information content (AvgIpc) is 2.74. The molecule has 0 unspecified atom stereocenters. The molecule has 0 aliphatic carbocycles. The van der Waals surface area contributed by atoms with E-state index in [1.807, 2.05) is 0 Å². The molecule has 1 aliphatic rings. The van der Waals surface area contributed by atoms with E-state index in [0.717, 1.165) is 19.2 Å². The van der Waals surface area contributed by atoms with E-state index >= 15 is 0 Å². The van der Waals surface area contributed by atoms with Crippen LogP contribution in [0, 0.1) is 11.6 Å². The Morgan fingerprint density at radius 3 is 2.86 bits per heavy atom. The molecule has 0 amide bonds. The van der Waals surface area contributed by atoms with Gasteiger partial charge < -0.3 is 19.3 Å². The SMILES string of the molecule is C[C@H](CO)Oc1cc(NSN2CCOCC2)nc(SCc2cccc(F)c2F)n1. The van der Waals surface area contributed by atoms with Gasteiger partial charge in [-0.25, -0.2) is 18.1 Å². The van der Waals surface area contributed by atoms with Crippen molar-refractivity contribution in [3.05, 3.63) is 41.5 Å². The van der Waals surface area contributed by atoms with Gasteiger partial charge in [-0.2, -0.15) is 4.98 Å². The highest BCUT2D eigenvalue weighted by molar-refractivity contribution is 7.98. The number of anilines is 1. The molecular formula is C18H22F2N4O3S2. The number of aromatic nitrogens is 2. The third kappa shape index (κ3) is 6.68. The van der Waals surface area contributed by atoms with Gasteiger partial charge in [0.2, 0.25) is 5.88 Å². The van der Waals surface area contributed by atoms with Crippen molar-refractivity contribution in [2.24, 2.45) is 0 Å². The fraction of sp³-hybridized carbons (Fsp3) is 0.444. The number of nitrogens with zero attached hydrogens (tertiary/aromatic N) is 3. The lowest BCUT2D eigenvalue weighted by Crippen LogP contribution is -2.32. The van der Waals surface area contributed by atoms with Crippen molar-refractivity contribution < 1.29 is 23.4 Å². The highest BCUT2D eigenvalue weighted by atomic mass is 32.2. The van der Waals surface area contributed by atoms with Crippen LogP contribution in [0.2, 0.25) is 0 Å². The number of benzene rings is 1. The minimum atomic E-state index is -0.887. The van der Waals surface area contributed by atoms with Crippen LogP contribution in [-0.2, 0) is 10.5 Å². The number of morpholine rings is 1. The van der Waals surface area contributed by atoms with E-state index < -0.39 is 17.7 Å². The predicted octanol–water partition coefficient (Wildman–Crippen LogP) is 3.11. The molecule has 1 saturated heterocycles. The van der Waals surface area contributed by atoms with Crippen LogP contribution < -0.4 is 9.46 Å². The molecule has 1 atom stereocenters. The lowest BCUT2D eigenvalue weighted by atomic mass is 10.2. The summed E-state index contributed by atoms with van der Waals surface area (Å²) in [6.07, 6.45) is -0.442. The van der Waals surface area contributed by atoms with E-state index in [1.165, 1.54) is 36.0 Å². The van der Waals surface area contributed by atoms with E-state index in [4.69, 9.17) is 9.47 Å². The van der Waals surface area contributed by atoms with Crippen molar-refractivity contribution in [1.82, 2.24) is 14.3 Å². The second kappa shape index (κ2) is 10.9. The third-order valence-electron chi connectivity index (χ3n) is 3.90. The topological polar surface area (TPSA) is 79.7 Å². The van der Waals surface area contributed by atoms with E-state index in [0.29, 0.717) is 24.2 Å². The summed E-state index contributed by atoms with van der Waals surface area (Å²) in [7, 11) is 0. The van der Waals surface area contributed by atoms with Crippen molar-refractivity contribution in [1.29, 1.82) is 0 Å². The Balaban J connectivity index is 1.71. The molecule has 11 heteroatoms. The molecule has 29 heavy (non-hydrogen) atoms. The van der Waals surface area contributed by atoms with E-state index in [9.17, 15) is 13.9 Å². The highest BCUT2D eigenvalue weighted by Crippen LogP contribution is 2.27. The summed E-state index contributed by atoms with van der Waals surface area (Å²) in [5.74, 6) is -0.795. The molecule has 1 aliphatic heterocycles. The van der Waals surface area contributed by atoms with Crippen molar-refractivity contribution in [2.45, 2.75) is 23.9 Å². The van der Waals surface area contributed by atoms with Crippen LogP contribution >= 0.6 is 23.9 Å². The predicted molar refractivity (Wildman–Crippen MR) is 109 cm³/mol. The molecule has 2 heterocycles. The van der Waals surface area contributed by atoms with Gasteiger partial charge in [0.1, 0.15) is 11.9 Å². The van der Waals surface area contributed by atoms with Gasteiger partial charge in [-0.05, 0) is 13.0 Å². The summed E-state index contributed by atoms with van der Waals surface area (Å²) in [6.45, 7) is 4.46. The summed E-state index contributed by atoms with van der Waals surface area (Å²) in [6, 6.07) is 5.69. The molecule has 2 N–H and O–H groups in total. The third-order valence-corrected chi connectivity index (χ3v) is 5.72. The number of hydrogen-bond donors (Lipinski definition) is 2. The van der Waals surface area contributed by atoms with Crippen LogP contribution in [0.1, 0.15) is 12.5 Å². The number of halogens is 2. The quantitative estimate of drug-likeness (QED) is 0.344. The Labute approximate surface area is 176 Å². The zero-order valence-corrected chi connectivity index (χ0v) is 17.4. The van der Waals surface area contributed by atoms with Crippen LogP contribution in [0.15, 0.2) is 29.4 Å². The van der Waals surface area contributed by atoms with Crippen LogP contribution in [0.3, 0.4) is 0 Å². The summed E-state index contributed by atoms with van der Waals surface area (Å²) < 4.78 is 43.5. The Hall–Kier alpha value is -1.66. The van der Waals surface area contributed by atoms with E-state index in [-0.39, 0.29) is 23.8 Å². The molecule has 0 saturated carbocycles. The Kier molecular flexibility index (Phi) is 8.30. The first-order chi connectivity index (χ1) is 14.0. The fourth-order valence-corrected chi connectivity index (χ4v) is 3.86. The molecule has 158 valence electrons. The summed E-state index contributed by atoms with van der Waals surface area (Å²) in [5.41, 5.74) is 0.228. The molecule has 1 aromatic heterocycles. The van der Waals surface area contributed by atoms with Crippen molar-refractivity contribution in [3.8, 4) is 5.88 Å². The van der Waals surface area contributed by atoms with Gasteiger partial charge in [-0.3, -0.25) is 0 Å². The number of aliphatic hydroxyl groups is 1. The molecule has 3 rings (SSSR count). The number of thioether (sulfide) groups is 1. The Bertz CT molecular complexity index is 813. The number of nitrogens with one attached hydrogen (secondary N) is 1. The lowest BCUT2D eigenvalue weighted by Gasteiger charge is -2.25. The average molecular weight is 445 g/mol. The first-order valence-corrected chi connectivity index (χ1v) is 10.8. The molecule has 7 nitrogen and oxygen atoms in total. The smallest absolute Gasteiger partial charge is 0.219 e. The second-order valence-corrected chi connectivity index (χ2v) is 8.07. The largest absolute Gasteiger partial charge is 0.472 e. The molecule has 2 aromatic rings. The van der Waals surface area contributed by atoms with Gasteiger partial charge in [0, 0.05) is 42.6 Å². The number of rotatable bonds is 9. The number of ether oxygens (including phenoxy) is 2. The van der Waals surface area contributed by atoms with Crippen LogP contribution in [-0.4, -0.2) is 58.4 Å². The minimum absolute atomic E-state index is 0.160. The van der Waals surface area contributed by atoms with Gasteiger partial charge in [0.05, 0.1) is 19.8 Å². The molecular weight excluding hydrogens is 422 g/mol. The normalized spacial score (nSPS) is 15.9. The zero-order valence-electron chi connectivity index (χ0n) is 15.8. The maximum Gasteiger partial charge on any atom is 0.219 e. The zero-order chi connectivity index (χ0) is 20.6. The van der Waals surface area contributed by atoms with Crippen LogP contribution in [0.4, 0.5) is 14.6 Å². The summed E-state index contributed by atoms with van der Waals surface area (Å²) in [5, 5.41) is 9.58. The monoisotopic (exact) mass is 444 g/mol. The molecule has 1 aromatic carbocycles. The Morgan fingerprint density at radius 2 is 2.10 bits per heavy atom.